The summed E-state index contributed by atoms with van der Waals surface area (Å²) in [7, 11) is 0. The number of nitrogens with two attached hydrogens (primary N) is 1. The SMILES string of the molecule is Cc1ccc(C2=NCc3nnc(C)n3-c3ccc(OCc4cccc(N)c4)cc32)cc1. The van der Waals surface area contributed by atoms with Crippen LogP contribution in [0.2, 0.25) is 0 Å². The minimum atomic E-state index is 0.442. The molecule has 0 bridgehead atoms. The zero-order chi connectivity index (χ0) is 21.4. The van der Waals surface area contributed by atoms with Gasteiger partial charge in [0, 0.05) is 16.8 Å². The summed E-state index contributed by atoms with van der Waals surface area (Å²) in [4.78, 5) is 4.91. The Bertz CT molecular complexity index is 1290. The van der Waals surface area contributed by atoms with E-state index in [0.29, 0.717) is 13.2 Å². The van der Waals surface area contributed by atoms with E-state index < -0.39 is 0 Å². The van der Waals surface area contributed by atoms with Crippen molar-refractivity contribution in [2.24, 2.45) is 4.99 Å². The molecule has 1 aliphatic heterocycles. The fraction of sp³-hybridized carbons (Fsp3) is 0.160. The third-order valence-corrected chi connectivity index (χ3v) is 5.42. The monoisotopic (exact) mass is 409 g/mol. The summed E-state index contributed by atoms with van der Waals surface area (Å²) in [5, 5.41) is 8.58. The zero-order valence-electron chi connectivity index (χ0n) is 17.5. The Morgan fingerprint density at radius 3 is 2.61 bits per heavy atom. The topological polar surface area (TPSA) is 78.3 Å². The molecule has 5 rings (SSSR count). The number of rotatable bonds is 4. The van der Waals surface area contributed by atoms with Gasteiger partial charge in [0.1, 0.15) is 24.7 Å². The number of ether oxygens (including phenoxy) is 1. The highest BCUT2D eigenvalue weighted by molar-refractivity contribution is 6.15. The van der Waals surface area contributed by atoms with Gasteiger partial charge in [-0.25, -0.2) is 0 Å². The average Bonchev–Trinajstić information content (AvgIpc) is 3.05. The number of aliphatic imine (C=N–C) groups is 1. The lowest BCUT2D eigenvalue weighted by atomic mass is 9.99. The smallest absolute Gasteiger partial charge is 0.159 e. The fourth-order valence-corrected chi connectivity index (χ4v) is 3.85. The first-order chi connectivity index (χ1) is 15.1. The molecule has 0 saturated carbocycles. The lowest BCUT2D eigenvalue weighted by Gasteiger charge is -2.15. The Hall–Kier alpha value is -3.93. The lowest BCUT2D eigenvalue weighted by Crippen LogP contribution is -2.09. The minimum absolute atomic E-state index is 0.442. The van der Waals surface area contributed by atoms with E-state index in [1.54, 1.807) is 0 Å². The highest BCUT2D eigenvalue weighted by Gasteiger charge is 2.22. The average molecular weight is 409 g/mol. The van der Waals surface area contributed by atoms with Crippen LogP contribution in [-0.2, 0) is 13.2 Å². The van der Waals surface area contributed by atoms with Gasteiger partial charge in [0.2, 0.25) is 0 Å². The van der Waals surface area contributed by atoms with Gasteiger partial charge in [-0.1, -0.05) is 42.0 Å². The summed E-state index contributed by atoms with van der Waals surface area (Å²) < 4.78 is 8.18. The van der Waals surface area contributed by atoms with Gasteiger partial charge in [-0.05, 0) is 49.7 Å². The largest absolute Gasteiger partial charge is 0.489 e. The van der Waals surface area contributed by atoms with Crippen LogP contribution in [0.3, 0.4) is 0 Å². The van der Waals surface area contributed by atoms with Crippen LogP contribution in [-0.4, -0.2) is 20.5 Å². The molecule has 0 radical (unpaired) electrons. The number of benzene rings is 3. The predicted molar refractivity (Wildman–Crippen MR) is 122 cm³/mol. The predicted octanol–water partition coefficient (Wildman–Crippen LogP) is 4.40. The van der Waals surface area contributed by atoms with E-state index in [1.165, 1.54) is 5.56 Å². The zero-order valence-corrected chi connectivity index (χ0v) is 17.5. The molecule has 31 heavy (non-hydrogen) atoms. The van der Waals surface area contributed by atoms with E-state index in [4.69, 9.17) is 15.5 Å². The third kappa shape index (κ3) is 3.68. The van der Waals surface area contributed by atoms with Crippen LogP contribution in [0.25, 0.3) is 5.69 Å². The molecule has 0 fully saturated rings. The van der Waals surface area contributed by atoms with Gasteiger partial charge in [0.15, 0.2) is 5.82 Å². The Morgan fingerprint density at radius 2 is 1.81 bits per heavy atom. The van der Waals surface area contributed by atoms with Gasteiger partial charge in [-0.2, -0.15) is 0 Å². The molecule has 2 heterocycles. The number of anilines is 1. The van der Waals surface area contributed by atoms with E-state index in [0.717, 1.165) is 51.2 Å². The molecule has 0 spiro atoms. The van der Waals surface area contributed by atoms with Gasteiger partial charge in [-0.3, -0.25) is 9.56 Å². The first kappa shape index (κ1) is 19.1. The van der Waals surface area contributed by atoms with E-state index in [-0.39, 0.29) is 0 Å². The second-order valence-corrected chi connectivity index (χ2v) is 7.74. The molecule has 1 aromatic heterocycles. The van der Waals surface area contributed by atoms with Gasteiger partial charge < -0.3 is 10.5 Å². The van der Waals surface area contributed by atoms with Crippen molar-refractivity contribution in [2.45, 2.75) is 27.0 Å². The molecule has 0 saturated heterocycles. The fourth-order valence-electron chi connectivity index (χ4n) is 3.85. The number of hydrogen-bond donors (Lipinski definition) is 1. The maximum Gasteiger partial charge on any atom is 0.159 e. The van der Waals surface area contributed by atoms with Crippen LogP contribution >= 0.6 is 0 Å². The van der Waals surface area contributed by atoms with Gasteiger partial charge in [0.25, 0.3) is 0 Å². The van der Waals surface area contributed by atoms with Crippen molar-refractivity contribution in [3.8, 4) is 11.4 Å². The van der Waals surface area contributed by atoms with E-state index in [1.807, 2.05) is 37.3 Å². The number of nitrogen functional groups attached to an aromatic ring is 1. The maximum absolute atomic E-state index is 6.11. The highest BCUT2D eigenvalue weighted by Crippen LogP contribution is 2.29. The second-order valence-electron chi connectivity index (χ2n) is 7.74. The second kappa shape index (κ2) is 7.72. The van der Waals surface area contributed by atoms with E-state index in [2.05, 4.69) is 58.1 Å². The van der Waals surface area contributed by atoms with Crippen molar-refractivity contribution in [3.05, 3.63) is 101 Å². The van der Waals surface area contributed by atoms with Crippen LogP contribution in [0.1, 0.15) is 33.9 Å². The van der Waals surface area contributed by atoms with Crippen molar-refractivity contribution in [3.63, 3.8) is 0 Å². The molecule has 0 amide bonds. The van der Waals surface area contributed by atoms with Crippen molar-refractivity contribution < 1.29 is 4.74 Å². The summed E-state index contributed by atoms with van der Waals surface area (Å²) >= 11 is 0. The molecular formula is C25H23N5O. The minimum Gasteiger partial charge on any atom is -0.489 e. The number of nitrogens with zero attached hydrogens (tertiary/aromatic N) is 4. The van der Waals surface area contributed by atoms with Crippen molar-refractivity contribution in [1.29, 1.82) is 0 Å². The molecule has 0 aliphatic carbocycles. The molecule has 4 aromatic rings. The van der Waals surface area contributed by atoms with E-state index >= 15 is 0 Å². The number of aromatic nitrogens is 3. The Balaban J connectivity index is 1.57. The molecule has 6 nitrogen and oxygen atoms in total. The van der Waals surface area contributed by atoms with Crippen LogP contribution < -0.4 is 10.5 Å². The number of fused-ring (bicyclic) bond motifs is 3. The number of hydrogen-bond acceptors (Lipinski definition) is 5. The quantitative estimate of drug-likeness (QED) is 0.507. The van der Waals surface area contributed by atoms with Gasteiger partial charge in [0.05, 0.1) is 11.4 Å². The van der Waals surface area contributed by atoms with Crippen LogP contribution in [0.15, 0.2) is 71.7 Å². The molecule has 3 aromatic carbocycles. The Kier molecular flexibility index (Phi) is 4.75. The van der Waals surface area contributed by atoms with Crippen LogP contribution in [0, 0.1) is 13.8 Å². The summed E-state index contributed by atoms with van der Waals surface area (Å²) in [5.74, 6) is 2.44. The van der Waals surface area contributed by atoms with Crippen molar-refractivity contribution in [2.75, 3.05) is 5.73 Å². The first-order valence-corrected chi connectivity index (χ1v) is 10.2. The molecule has 154 valence electrons. The molecular weight excluding hydrogens is 386 g/mol. The van der Waals surface area contributed by atoms with Gasteiger partial charge >= 0.3 is 0 Å². The van der Waals surface area contributed by atoms with E-state index in [9.17, 15) is 0 Å². The molecule has 2 N–H and O–H groups in total. The molecule has 0 atom stereocenters. The highest BCUT2D eigenvalue weighted by atomic mass is 16.5. The summed E-state index contributed by atoms with van der Waals surface area (Å²) in [6.07, 6.45) is 0. The Morgan fingerprint density at radius 1 is 0.968 bits per heavy atom. The third-order valence-electron chi connectivity index (χ3n) is 5.42. The van der Waals surface area contributed by atoms with Crippen LogP contribution in [0.5, 0.6) is 5.75 Å². The number of aryl methyl sites for hydroxylation is 2. The van der Waals surface area contributed by atoms with Crippen molar-refractivity contribution in [1.82, 2.24) is 14.8 Å². The molecule has 0 unspecified atom stereocenters. The van der Waals surface area contributed by atoms with Crippen LogP contribution in [0.4, 0.5) is 5.69 Å². The van der Waals surface area contributed by atoms with Gasteiger partial charge in [-0.15, -0.1) is 10.2 Å². The summed E-state index contributed by atoms with van der Waals surface area (Å²) in [6.45, 7) is 4.96. The normalized spacial score (nSPS) is 12.5. The first-order valence-electron chi connectivity index (χ1n) is 10.2. The molecule has 1 aliphatic rings. The standard InChI is InChI=1S/C25H23N5O/c1-16-6-8-19(9-7-16)25-22-13-21(31-15-18-4-3-5-20(26)12-18)10-11-23(22)30-17(2)28-29-24(30)14-27-25/h3-13H,14-15,26H2,1-2H3. The summed E-state index contributed by atoms with van der Waals surface area (Å²) in [5.41, 5.74) is 12.9. The van der Waals surface area contributed by atoms with Crippen molar-refractivity contribution >= 4 is 11.4 Å². The lowest BCUT2D eigenvalue weighted by molar-refractivity contribution is 0.306. The molecule has 6 heteroatoms. The maximum atomic E-state index is 6.11. The summed E-state index contributed by atoms with van der Waals surface area (Å²) in [6, 6.07) is 22.2. The Labute approximate surface area is 181 Å².